The molecule has 0 bridgehead atoms. The Labute approximate surface area is 199 Å². The van der Waals surface area contributed by atoms with Gasteiger partial charge >= 0.3 is 5.97 Å². The quantitative estimate of drug-likeness (QED) is 0.696. The van der Waals surface area contributed by atoms with Gasteiger partial charge in [-0.3, -0.25) is 14.5 Å². The Hall–Kier alpha value is -3.20. The van der Waals surface area contributed by atoms with E-state index in [1.54, 1.807) is 24.3 Å². The average molecular weight is 468 g/mol. The lowest BCUT2D eigenvalue weighted by Crippen LogP contribution is -2.50. The van der Waals surface area contributed by atoms with Gasteiger partial charge in [0.2, 0.25) is 11.8 Å². The second kappa shape index (κ2) is 9.58. The van der Waals surface area contributed by atoms with Crippen molar-refractivity contribution in [2.24, 2.45) is 5.41 Å². The zero-order chi connectivity index (χ0) is 24.5. The van der Waals surface area contributed by atoms with Crippen LogP contribution >= 0.6 is 0 Å². The Morgan fingerprint density at radius 1 is 1.00 bits per heavy atom. The molecule has 2 saturated heterocycles. The molecule has 9 nitrogen and oxygen atoms in total. The maximum Gasteiger partial charge on any atom is 0.336 e. The first kappa shape index (κ1) is 23.9. The zero-order valence-corrected chi connectivity index (χ0v) is 20.1. The van der Waals surface area contributed by atoms with Crippen molar-refractivity contribution in [3.63, 3.8) is 0 Å². The zero-order valence-electron chi connectivity index (χ0n) is 20.1. The molecule has 2 aromatic rings. The number of likely N-dealkylation sites (tertiary alicyclic amines) is 1. The molecule has 4 rings (SSSR count). The van der Waals surface area contributed by atoms with E-state index in [2.05, 4.69) is 15.1 Å². The lowest BCUT2D eigenvalue weighted by molar-refractivity contribution is -0.131. The Morgan fingerprint density at radius 3 is 2.29 bits per heavy atom. The van der Waals surface area contributed by atoms with Crippen LogP contribution in [0.3, 0.4) is 0 Å². The average Bonchev–Trinajstić information content (AvgIpc) is 3.33. The van der Waals surface area contributed by atoms with Crippen molar-refractivity contribution in [3.8, 4) is 0 Å². The van der Waals surface area contributed by atoms with Gasteiger partial charge in [0.15, 0.2) is 0 Å². The largest absolute Gasteiger partial charge is 0.478 e. The number of carbonyl (C=O) groups excluding carboxylic acids is 2. The number of rotatable bonds is 5. The highest BCUT2D eigenvalue weighted by atomic mass is 16.4. The third-order valence-corrected chi connectivity index (χ3v) is 6.48. The molecule has 34 heavy (non-hydrogen) atoms. The van der Waals surface area contributed by atoms with Gasteiger partial charge in [0.25, 0.3) is 0 Å². The molecule has 0 radical (unpaired) electrons. The molecule has 182 valence electrons. The van der Waals surface area contributed by atoms with Crippen LogP contribution in [0, 0.1) is 5.41 Å². The fourth-order valence-corrected chi connectivity index (χ4v) is 4.34. The highest BCUT2D eigenvalue weighted by molar-refractivity contribution is 6.05. The smallest absolute Gasteiger partial charge is 0.336 e. The Kier molecular flexibility index (Phi) is 6.74. The van der Waals surface area contributed by atoms with Crippen molar-refractivity contribution in [1.82, 2.24) is 14.8 Å². The molecule has 0 spiro atoms. The Morgan fingerprint density at radius 2 is 1.68 bits per heavy atom. The Balaban J connectivity index is 1.49. The molecule has 2 N–H and O–H groups in total. The van der Waals surface area contributed by atoms with Crippen molar-refractivity contribution >= 4 is 40.2 Å². The fourth-order valence-electron chi connectivity index (χ4n) is 4.34. The minimum atomic E-state index is -1.04. The molecule has 2 aliphatic rings. The second-order valence-electron chi connectivity index (χ2n) is 10.1. The van der Waals surface area contributed by atoms with Crippen LogP contribution in [-0.4, -0.2) is 83.5 Å². The summed E-state index contributed by atoms with van der Waals surface area (Å²) in [5.41, 5.74) is 0.697. The van der Waals surface area contributed by atoms with Gasteiger partial charge in [0.1, 0.15) is 5.82 Å². The predicted molar refractivity (Wildman–Crippen MR) is 131 cm³/mol. The molecule has 0 unspecified atom stereocenters. The molecule has 3 heterocycles. The number of nitrogens with zero attached hydrogens (tertiary/aromatic N) is 4. The normalized spacial score (nSPS) is 17.3. The molecule has 1 aromatic carbocycles. The standard InChI is InChI=1S/C25H33N5O4/c1-25(2,3)24(34)26-17-6-7-20-18(14-17)19(23(32)33)15-21(27-20)29-12-10-28(11-13-29)16-22(31)30-8-4-5-9-30/h6-7,14-15H,4-5,8-13,16H2,1-3H3,(H,26,34)(H,32,33). The summed E-state index contributed by atoms with van der Waals surface area (Å²) in [6.07, 6.45) is 2.17. The second-order valence-corrected chi connectivity index (χ2v) is 10.1. The number of hydrogen-bond acceptors (Lipinski definition) is 6. The van der Waals surface area contributed by atoms with Crippen molar-refractivity contribution in [3.05, 3.63) is 29.8 Å². The summed E-state index contributed by atoms with van der Waals surface area (Å²) in [5.74, 6) is -0.378. The van der Waals surface area contributed by atoms with Crippen molar-refractivity contribution in [1.29, 1.82) is 0 Å². The molecule has 9 heteroatoms. The maximum absolute atomic E-state index is 12.4. The number of hydrogen-bond donors (Lipinski definition) is 2. The molecule has 2 aliphatic heterocycles. The van der Waals surface area contributed by atoms with E-state index in [1.165, 1.54) is 0 Å². The van der Waals surface area contributed by atoms with Gasteiger partial charge in [-0.2, -0.15) is 0 Å². The van der Waals surface area contributed by atoms with E-state index >= 15 is 0 Å². The minimum absolute atomic E-state index is 0.144. The minimum Gasteiger partial charge on any atom is -0.478 e. The SMILES string of the molecule is CC(C)(C)C(=O)Nc1ccc2nc(N3CCN(CC(=O)N4CCCC4)CC3)cc(C(=O)O)c2c1. The van der Waals surface area contributed by atoms with E-state index in [-0.39, 0.29) is 17.4 Å². The summed E-state index contributed by atoms with van der Waals surface area (Å²) in [6, 6.07) is 6.76. The fraction of sp³-hybridized carbons (Fsp3) is 0.520. The highest BCUT2D eigenvalue weighted by Gasteiger charge is 2.25. The highest BCUT2D eigenvalue weighted by Crippen LogP contribution is 2.27. The summed E-state index contributed by atoms with van der Waals surface area (Å²) in [7, 11) is 0. The monoisotopic (exact) mass is 467 g/mol. The lowest BCUT2D eigenvalue weighted by Gasteiger charge is -2.35. The number of piperazine rings is 1. The number of benzene rings is 1. The van der Waals surface area contributed by atoms with Gasteiger partial charge < -0.3 is 20.2 Å². The van der Waals surface area contributed by atoms with E-state index < -0.39 is 11.4 Å². The van der Waals surface area contributed by atoms with Gasteiger partial charge in [0, 0.05) is 55.8 Å². The van der Waals surface area contributed by atoms with E-state index in [9.17, 15) is 19.5 Å². The van der Waals surface area contributed by atoms with Crippen LogP contribution in [0.15, 0.2) is 24.3 Å². The summed E-state index contributed by atoms with van der Waals surface area (Å²) in [4.78, 5) is 47.7. The summed E-state index contributed by atoms with van der Waals surface area (Å²) >= 11 is 0. The van der Waals surface area contributed by atoms with E-state index in [0.717, 1.165) is 39.0 Å². The third kappa shape index (κ3) is 5.30. The topological polar surface area (TPSA) is 106 Å². The van der Waals surface area contributed by atoms with E-state index in [1.807, 2.05) is 25.7 Å². The van der Waals surface area contributed by atoms with Crippen LogP contribution in [0.25, 0.3) is 10.9 Å². The number of amides is 2. The molecule has 0 saturated carbocycles. The van der Waals surface area contributed by atoms with Crippen molar-refractivity contribution in [2.75, 3.05) is 56.0 Å². The van der Waals surface area contributed by atoms with Gasteiger partial charge in [-0.1, -0.05) is 20.8 Å². The first-order chi connectivity index (χ1) is 16.1. The first-order valence-corrected chi connectivity index (χ1v) is 11.9. The van der Waals surface area contributed by atoms with E-state index in [4.69, 9.17) is 4.98 Å². The maximum atomic E-state index is 12.4. The van der Waals surface area contributed by atoms with Crippen LogP contribution in [0.5, 0.6) is 0 Å². The number of aromatic nitrogens is 1. The summed E-state index contributed by atoms with van der Waals surface area (Å²) in [6.45, 7) is 10.4. The molecule has 0 atom stereocenters. The number of fused-ring (bicyclic) bond motifs is 1. The van der Waals surface area contributed by atoms with Crippen LogP contribution in [0.2, 0.25) is 0 Å². The molecular formula is C25H33N5O4. The first-order valence-electron chi connectivity index (χ1n) is 11.9. The molecule has 2 fully saturated rings. The van der Waals surface area contributed by atoms with Crippen LogP contribution < -0.4 is 10.2 Å². The van der Waals surface area contributed by atoms with Crippen molar-refractivity contribution < 1.29 is 19.5 Å². The predicted octanol–water partition coefficient (Wildman–Crippen LogP) is 2.66. The third-order valence-electron chi connectivity index (χ3n) is 6.48. The molecule has 0 aliphatic carbocycles. The lowest BCUT2D eigenvalue weighted by atomic mass is 9.95. The van der Waals surface area contributed by atoms with Crippen LogP contribution in [0.1, 0.15) is 44.0 Å². The number of pyridine rings is 1. The van der Waals surface area contributed by atoms with Crippen molar-refractivity contribution in [2.45, 2.75) is 33.6 Å². The number of anilines is 2. The van der Waals surface area contributed by atoms with Crippen LogP contribution in [-0.2, 0) is 9.59 Å². The van der Waals surface area contributed by atoms with Gasteiger partial charge in [-0.05, 0) is 37.1 Å². The number of carbonyl (C=O) groups is 3. The summed E-state index contributed by atoms with van der Waals surface area (Å²) in [5, 5.41) is 13.2. The van der Waals surface area contributed by atoms with Crippen LogP contribution in [0.4, 0.5) is 11.5 Å². The number of carboxylic acid groups (broad SMARTS) is 1. The number of aromatic carboxylic acids is 1. The van der Waals surface area contributed by atoms with Gasteiger partial charge in [-0.25, -0.2) is 9.78 Å². The van der Waals surface area contributed by atoms with Gasteiger partial charge in [-0.15, -0.1) is 0 Å². The Bertz CT molecular complexity index is 1100. The number of carboxylic acids is 1. The number of nitrogens with one attached hydrogen (secondary N) is 1. The molecular weight excluding hydrogens is 434 g/mol. The van der Waals surface area contributed by atoms with E-state index in [0.29, 0.717) is 42.0 Å². The summed E-state index contributed by atoms with van der Waals surface area (Å²) < 4.78 is 0. The molecule has 2 amide bonds. The van der Waals surface area contributed by atoms with Gasteiger partial charge in [0.05, 0.1) is 17.6 Å². The molecule has 1 aromatic heterocycles.